The van der Waals surface area contributed by atoms with Crippen LogP contribution in [0, 0.1) is 21.7 Å². The molecule has 26 heavy (non-hydrogen) atoms. The van der Waals surface area contributed by atoms with E-state index in [2.05, 4.69) is 0 Å². The molecule has 1 heterocycles. The maximum atomic E-state index is 14.3. The van der Waals surface area contributed by atoms with Crippen LogP contribution in [0.1, 0.15) is 0 Å². The maximum absolute atomic E-state index is 14.3. The largest absolute Gasteiger partial charge is 0.490 e. The molecule has 9 heteroatoms. The summed E-state index contributed by atoms with van der Waals surface area (Å²) in [4.78, 5) is 14.0. The van der Waals surface area contributed by atoms with Crippen LogP contribution in [-0.2, 0) is 0 Å². The highest BCUT2D eigenvalue weighted by molar-refractivity contribution is 6.30. The molecule has 2 aromatic carbocycles. The molecular weight excluding hydrogens is 368 g/mol. The van der Waals surface area contributed by atoms with Crippen molar-refractivity contribution in [2.45, 2.75) is 0 Å². The van der Waals surface area contributed by atoms with Crippen molar-refractivity contribution in [2.24, 2.45) is 0 Å². The number of ether oxygens (including phenoxy) is 1. The number of piperazine rings is 1. The Morgan fingerprint density at radius 2 is 1.73 bits per heavy atom. The van der Waals surface area contributed by atoms with E-state index in [0.717, 1.165) is 6.07 Å². The van der Waals surface area contributed by atoms with Crippen LogP contribution < -0.4 is 14.5 Å². The van der Waals surface area contributed by atoms with E-state index in [9.17, 15) is 18.9 Å². The van der Waals surface area contributed by atoms with Gasteiger partial charge < -0.3 is 14.5 Å². The average Bonchev–Trinajstić information content (AvgIpc) is 2.64. The molecule has 0 unspecified atom stereocenters. The standard InChI is InChI=1S/C17H16ClF2N3O3/c1-26-17-10-15(14(20)9-16(17)23(24)25)22-6-4-21(5-7-22)11-2-3-12(18)13(19)8-11/h2-3,8-10H,4-7H2,1H3. The lowest BCUT2D eigenvalue weighted by molar-refractivity contribution is -0.385. The number of halogens is 3. The van der Waals surface area contributed by atoms with Gasteiger partial charge in [-0.1, -0.05) is 11.6 Å². The summed E-state index contributed by atoms with van der Waals surface area (Å²) in [6.07, 6.45) is 0. The molecule has 3 rings (SSSR count). The smallest absolute Gasteiger partial charge is 0.313 e. The Labute approximate surface area is 153 Å². The SMILES string of the molecule is COc1cc(N2CCN(c3ccc(Cl)c(F)c3)CC2)c(F)cc1[N+](=O)[O-]. The Balaban J connectivity index is 1.77. The predicted molar refractivity (Wildman–Crippen MR) is 95.4 cm³/mol. The summed E-state index contributed by atoms with van der Waals surface area (Å²) in [7, 11) is 1.30. The zero-order chi connectivity index (χ0) is 18.8. The molecule has 0 radical (unpaired) electrons. The molecule has 0 atom stereocenters. The number of nitro groups is 1. The van der Waals surface area contributed by atoms with Gasteiger partial charge in [-0.15, -0.1) is 0 Å². The van der Waals surface area contributed by atoms with Gasteiger partial charge in [0.25, 0.3) is 0 Å². The number of nitro benzene ring substituents is 1. The third kappa shape index (κ3) is 3.50. The molecule has 2 aromatic rings. The minimum absolute atomic E-state index is 0.00796. The fraction of sp³-hybridized carbons (Fsp3) is 0.294. The monoisotopic (exact) mass is 383 g/mol. The first-order valence-corrected chi connectivity index (χ1v) is 8.25. The first-order chi connectivity index (χ1) is 12.4. The van der Waals surface area contributed by atoms with Gasteiger partial charge >= 0.3 is 5.69 Å². The summed E-state index contributed by atoms with van der Waals surface area (Å²) >= 11 is 5.70. The summed E-state index contributed by atoms with van der Waals surface area (Å²) in [6.45, 7) is 2.03. The second-order valence-corrected chi connectivity index (χ2v) is 6.21. The molecule has 0 amide bonds. The third-order valence-corrected chi connectivity index (χ3v) is 4.64. The number of nitrogens with zero attached hydrogens (tertiary/aromatic N) is 3. The van der Waals surface area contributed by atoms with E-state index < -0.39 is 22.2 Å². The van der Waals surface area contributed by atoms with Crippen LogP contribution in [0.3, 0.4) is 0 Å². The van der Waals surface area contributed by atoms with Crippen molar-refractivity contribution in [1.82, 2.24) is 0 Å². The second kappa shape index (κ2) is 7.33. The Hall–Kier alpha value is -2.61. The number of rotatable bonds is 4. The molecule has 0 saturated carbocycles. The van der Waals surface area contributed by atoms with Crippen LogP contribution in [0.15, 0.2) is 30.3 Å². The molecule has 138 valence electrons. The van der Waals surface area contributed by atoms with Gasteiger partial charge in [0.05, 0.1) is 28.8 Å². The molecular formula is C17H16ClF2N3O3. The molecule has 1 saturated heterocycles. The minimum Gasteiger partial charge on any atom is -0.490 e. The number of hydrogen-bond acceptors (Lipinski definition) is 5. The summed E-state index contributed by atoms with van der Waals surface area (Å²) in [5.41, 5.74) is 0.534. The quantitative estimate of drug-likeness (QED) is 0.592. The van der Waals surface area contributed by atoms with Crippen molar-refractivity contribution < 1.29 is 18.4 Å². The van der Waals surface area contributed by atoms with E-state index in [1.807, 2.05) is 4.90 Å². The zero-order valence-corrected chi connectivity index (χ0v) is 14.7. The third-order valence-electron chi connectivity index (χ3n) is 4.33. The minimum atomic E-state index is -0.682. The van der Waals surface area contributed by atoms with Gasteiger partial charge in [0, 0.05) is 37.9 Å². The van der Waals surface area contributed by atoms with Gasteiger partial charge in [-0.3, -0.25) is 10.1 Å². The van der Waals surface area contributed by atoms with Crippen molar-refractivity contribution >= 4 is 28.7 Å². The number of hydrogen-bond donors (Lipinski definition) is 0. The fourth-order valence-electron chi connectivity index (χ4n) is 2.97. The van der Waals surface area contributed by atoms with Crippen molar-refractivity contribution in [2.75, 3.05) is 43.1 Å². The van der Waals surface area contributed by atoms with Gasteiger partial charge in [0.15, 0.2) is 11.6 Å². The predicted octanol–water partition coefficient (Wildman–Crippen LogP) is 3.86. The lowest BCUT2D eigenvalue weighted by atomic mass is 10.2. The topological polar surface area (TPSA) is 58.8 Å². The van der Waals surface area contributed by atoms with Crippen molar-refractivity contribution in [3.8, 4) is 5.75 Å². The van der Waals surface area contributed by atoms with Gasteiger partial charge in [-0.25, -0.2) is 8.78 Å². The zero-order valence-electron chi connectivity index (χ0n) is 13.9. The van der Waals surface area contributed by atoms with Crippen molar-refractivity contribution in [3.63, 3.8) is 0 Å². The molecule has 0 aromatic heterocycles. The summed E-state index contributed by atoms with van der Waals surface area (Å²) in [5.74, 6) is -1.16. The molecule has 1 aliphatic heterocycles. The second-order valence-electron chi connectivity index (χ2n) is 5.81. The van der Waals surface area contributed by atoms with Gasteiger partial charge in [0.1, 0.15) is 5.82 Å². The van der Waals surface area contributed by atoms with Crippen molar-refractivity contribution in [1.29, 1.82) is 0 Å². The first-order valence-electron chi connectivity index (χ1n) is 7.87. The van der Waals surface area contributed by atoms with E-state index in [0.29, 0.717) is 31.9 Å². The number of benzene rings is 2. The van der Waals surface area contributed by atoms with Gasteiger partial charge in [-0.2, -0.15) is 0 Å². The number of anilines is 2. The normalized spacial score (nSPS) is 14.5. The average molecular weight is 384 g/mol. The molecule has 0 spiro atoms. The van der Waals surface area contributed by atoms with E-state index in [1.54, 1.807) is 11.0 Å². The molecule has 0 aliphatic carbocycles. The summed E-state index contributed by atoms with van der Waals surface area (Å²) < 4.78 is 33.0. The van der Waals surface area contributed by atoms with Crippen molar-refractivity contribution in [3.05, 3.63) is 57.1 Å². The van der Waals surface area contributed by atoms with Crippen LogP contribution in [0.5, 0.6) is 5.75 Å². The van der Waals surface area contributed by atoms with E-state index in [1.165, 1.54) is 25.3 Å². The Morgan fingerprint density at radius 3 is 2.31 bits per heavy atom. The van der Waals surface area contributed by atoms with Crippen LogP contribution in [0.2, 0.25) is 5.02 Å². The maximum Gasteiger partial charge on any atom is 0.313 e. The highest BCUT2D eigenvalue weighted by Gasteiger charge is 2.25. The van der Waals surface area contributed by atoms with Crippen LogP contribution >= 0.6 is 11.6 Å². The van der Waals surface area contributed by atoms with E-state index in [-0.39, 0.29) is 16.5 Å². The first kappa shape index (κ1) is 18.2. The summed E-state index contributed by atoms with van der Waals surface area (Å²) in [6, 6.07) is 6.81. The summed E-state index contributed by atoms with van der Waals surface area (Å²) in [5, 5.41) is 11.0. The Morgan fingerprint density at radius 1 is 1.08 bits per heavy atom. The molecule has 6 nitrogen and oxygen atoms in total. The Kier molecular flexibility index (Phi) is 5.13. The lowest BCUT2D eigenvalue weighted by Crippen LogP contribution is -2.46. The molecule has 0 bridgehead atoms. The fourth-order valence-corrected chi connectivity index (χ4v) is 3.09. The van der Waals surface area contributed by atoms with E-state index >= 15 is 0 Å². The molecule has 1 aliphatic rings. The molecule has 0 N–H and O–H groups in total. The highest BCUT2D eigenvalue weighted by atomic mass is 35.5. The Bertz CT molecular complexity index is 842. The highest BCUT2D eigenvalue weighted by Crippen LogP contribution is 2.34. The van der Waals surface area contributed by atoms with Crippen LogP contribution in [0.4, 0.5) is 25.8 Å². The number of methoxy groups -OCH3 is 1. The van der Waals surface area contributed by atoms with Gasteiger partial charge in [0.2, 0.25) is 0 Å². The van der Waals surface area contributed by atoms with Crippen LogP contribution in [0.25, 0.3) is 0 Å². The van der Waals surface area contributed by atoms with Crippen LogP contribution in [-0.4, -0.2) is 38.2 Å². The van der Waals surface area contributed by atoms with Gasteiger partial charge in [-0.05, 0) is 18.2 Å². The lowest BCUT2D eigenvalue weighted by Gasteiger charge is -2.37. The molecule has 1 fully saturated rings. The van der Waals surface area contributed by atoms with E-state index in [4.69, 9.17) is 16.3 Å².